The molecular weight excluding hydrogens is 524 g/mol. The Hall–Kier alpha value is -4.91. The van der Waals surface area contributed by atoms with Gasteiger partial charge in [0.25, 0.3) is 11.6 Å². The van der Waals surface area contributed by atoms with E-state index in [1.165, 1.54) is 63.6 Å². The molecule has 0 aliphatic carbocycles. The van der Waals surface area contributed by atoms with Crippen molar-refractivity contribution in [1.82, 2.24) is 20.2 Å². The molecule has 0 aliphatic rings. The van der Waals surface area contributed by atoms with Gasteiger partial charge in [-0.2, -0.15) is 5.10 Å². The first-order chi connectivity index (χ1) is 18.9. The fourth-order valence-corrected chi connectivity index (χ4v) is 4.34. The van der Waals surface area contributed by atoms with Crippen molar-refractivity contribution in [2.75, 3.05) is 27.1 Å². The third kappa shape index (κ3) is 6.33. The van der Waals surface area contributed by atoms with Gasteiger partial charge < -0.3 is 14.2 Å². The van der Waals surface area contributed by atoms with Crippen molar-refractivity contribution < 1.29 is 23.9 Å². The molecule has 4 aromatic rings. The Kier molecular flexibility index (Phi) is 8.74. The number of rotatable bonds is 11. The number of para-hydroxylation sites is 1. The number of nitro groups is 1. The van der Waals surface area contributed by atoms with Crippen molar-refractivity contribution >= 4 is 29.6 Å². The highest BCUT2D eigenvalue weighted by Crippen LogP contribution is 2.41. The van der Waals surface area contributed by atoms with Crippen LogP contribution in [0.5, 0.6) is 17.2 Å². The summed E-state index contributed by atoms with van der Waals surface area (Å²) < 4.78 is 18.2. The number of amides is 1. The van der Waals surface area contributed by atoms with Crippen LogP contribution >= 0.6 is 11.8 Å². The van der Waals surface area contributed by atoms with Gasteiger partial charge in [-0.15, -0.1) is 10.2 Å². The monoisotopic (exact) mass is 548 g/mol. The molecule has 13 heteroatoms. The van der Waals surface area contributed by atoms with Crippen LogP contribution in [0.15, 0.2) is 77.0 Å². The zero-order valence-corrected chi connectivity index (χ0v) is 22.0. The SMILES string of the molecule is COc1cc(-c2nnc(SCC(=O)N/N=C\c3ccc([N+](=O)[O-])cc3)n2-c2ccccc2)cc(OC)c1OC. The second kappa shape index (κ2) is 12.6. The molecule has 1 amide bonds. The second-order valence-corrected chi connectivity index (χ2v) is 8.76. The number of carbonyl (C=O) groups excluding carboxylic acids is 1. The lowest BCUT2D eigenvalue weighted by Gasteiger charge is -2.15. The summed E-state index contributed by atoms with van der Waals surface area (Å²) in [4.78, 5) is 22.8. The van der Waals surface area contributed by atoms with E-state index in [0.29, 0.717) is 39.4 Å². The number of hydrazone groups is 1. The van der Waals surface area contributed by atoms with Gasteiger partial charge in [-0.05, 0) is 42.0 Å². The van der Waals surface area contributed by atoms with Gasteiger partial charge in [-0.25, -0.2) is 5.43 Å². The molecular formula is C26H24N6O6S. The summed E-state index contributed by atoms with van der Waals surface area (Å²) in [5, 5.41) is 23.9. The zero-order chi connectivity index (χ0) is 27.8. The lowest BCUT2D eigenvalue weighted by atomic mass is 10.1. The van der Waals surface area contributed by atoms with Crippen molar-refractivity contribution in [1.29, 1.82) is 0 Å². The third-order valence-corrected chi connectivity index (χ3v) is 6.34. The van der Waals surface area contributed by atoms with E-state index in [4.69, 9.17) is 14.2 Å². The summed E-state index contributed by atoms with van der Waals surface area (Å²) in [5.74, 6) is 1.55. The van der Waals surface area contributed by atoms with Gasteiger partial charge in [0, 0.05) is 23.4 Å². The standard InChI is InChI=1S/C26H24N6O6S/c1-36-21-13-18(14-22(37-2)24(21)38-3)25-29-30-26(31(25)19-7-5-4-6-8-19)39-16-23(33)28-27-15-17-9-11-20(12-10-17)32(34)35/h4-15H,16H2,1-3H3,(H,28,33)/b27-15-. The summed E-state index contributed by atoms with van der Waals surface area (Å²) in [6, 6.07) is 18.8. The molecule has 0 bridgehead atoms. The summed E-state index contributed by atoms with van der Waals surface area (Å²) in [7, 11) is 4.60. The van der Waals surface area contributed by atoms with Gasteiger partial charge in [-0.1, -0.05) is 30.0 Å². The number of nitrogens with zero attached hydrogens (tertiary/aromatic N) is 5. The summed E-state index contributed by atoms with van der Waals surface area (Å²) in [6.45, 7) is 0. The number of non-ortho nitro benzene ring substituents is 1. The van der Waals surface area contributed by atoms with Gasteiger partial charge in [-0.3, -0.25) is 19.5 Å². The smallest absolute Gasteiger partial charge is 0.269 e. The van der Waals surface area contributed by atoms with Gasteiger partial charge in [0.05, 0.1) is 38.2 Å². The first-order valence-corrected chi connectivity index (χ1v) is 12.4. The highest BCUT2D eigenvalue weighted by atomic mass is 32.2. The third-order valence-electron chi connectivity index (χ3n) is 5.41. The van der Waals surface area contributed by atoms with Crippen LogP contribution in [0.3, 0.4) is 0 Å². The van der Waals surface area contributed by atoms with Crippen molar-refractivity contribution in [3.8, 4) is 34.3 Å². The van der Waals surface area contributed by atoms with E-state index >= 15 is 0 Å². The molecule has 0 radical (unpaired) electrons. The van der Waals surface area contributed by atoms with E-state index < -0.39 is 4.92 Å². The Bertz CT molecular complexity index is 1470. The van der Waals surface area contributed by atoms with Gasteiger partial charge in [0.1, 0.15) is 0 Å². The van der Waals surface area contributed by atoms with E-state index in [9.17, 15) is 14.9 Å². The van der Waals surface area contributed by atoms with Crippen LogP contribution in [-0.2, 0) is 4.79 Å². The molecule has 0 saturated carbocycles. The molecule has 0 unspecified atom stereocenters. The average molecular weight is 549 g/mol. The number of benzene rings is 3. The number of hydrogen-bond donors (Lipinski definition) is 1. The van der Waals surface area contributed by atoms with Crippen LogP contribution < -0.4 is 19.6 Å². The van der Waals surface area contributed by atoms with Gasteiger partial charge >= 0.3 is 0 Å². The number of carbonyl (C=O) groups is 1. The molecule has 1 N–H and O–H groups in total. The molecule has 1 heterocycles. The van der Waals surface area contributed by atoms with Crippen molar-refractivity contribution in [2.45, 2.75) is 5.16 Å². The van der Waals surface area contributed by atoms with E-state index in [1.54, 1.807) is 12.1 Å². The number of thioether (sulfide) groups is 1. The largest absolute Gasteiger partial charge is 0.493 e. The maximum Gasteiger partial charge on any atom is 0.269 e. The molecule has 39 heavy (non-hydrogen) atoms. The predicted octanol–water partition coefficient (Wildman–Crippen LogP) is 4.11. The number of hydrogen-bond acceptors (Lipinski definition) is 10. The van der Waals surface area contributed by atoms with E-state index in [-0.39, 0.29) is 17.3 Å². The highest BCUT2D eigenvalue weighted by molar-refractivity contribution is 7.99. The number of aromatic nitrogens is 3. The Morgan fingerprint density at radius 3 is 2.28 bits per heavy atom. The van der Waals surface area contributed by atoms with Crippen LogP contribution in [-0.4, -0.2) is 58.9 Å². The van der Waals surface area contributed by atoms with Crippen LogP contribution in [0.1, 0.15) is 5.56 Å². The number of ether oxygens (including phenoxy) is 3. The molecule has 3 aromatic carbocycles. The molecule has 1 aromatic heterocycles. The van der Waals surface area contributed by atoms with Crippen LogP contribution in [0.2, 0.25) is 0 Å². The minimum atomic E-state index is -0.485. The van der Waals surface area contributed by atoms with Gasteiger partial charge in [0.2, 0.25) is 5.75 Å². The topological polar surface area (TPSA) is 143 Å². The Balaban J connectivity index is 1.55. The molecule has 0 aliphatic heterocycles. The molecule has 12 nitrogen and oxygen atoms in total. The normalized spacial score (nSPS) is 10.8. The van der Waals surface area contributed by atoms with Crippen LogP contribution in [0.25, 0.3) is 17.1 Å². The van der Waals surface area contributed by atoms with E-state index in [1.807, 2.05) is 34.9 Å². The average Bonchev–Trinajstić information content (AvgIpc) is 3.40. The minimum Gasteiger partial charge on any atom is -0.493 e. The maximum atomic E-state index is 12.5. The first kappa shape index (κ1) is 27.1. The first-order valence-electron chi connectivity index (χ1n) is 11.5. The quantitative estimate of drug-likeness (QED) is 0.127. The number of methoxy groups -OCH3 is 3. The summed E-state index contributed by atoms with van der Waals surface area (Å²) in [5.41, 5.74) is 4.50. The molecule has 0 saturated heterocycles. The molecule has 200 valence electrons. The van der Waals surface area contributed by atoms with Crippen molar-refractivity contribution in [2.24, 2.45) is 5.10 Å². The fraction of sp³-hybridized carbons (Fsp3) is 0.154. The van der Waals surface area contributed by atoms with Crippen LogP contribution in [0, 0.1) is 10.1 Å². The van der Waals surface area contributed by atoms with Crippen molar-refractivity contribution in [3.05, 3.63) is 82.4 Å². The molecule has 0 fully saturated rings. The molecule has 0 spiro atoms. The summed E-state index contributed by atoms with van der Waals surface area (Å²) in [6.07, 6.45) is 1.40. The second-order valence-electron chi connectivity index (χ2n) is 7.82. The molecule has 4 rings (SSSR count). The summed E-state index contributed by atoms with van der Waals surface area (Å²) >= 11 is 1.19. The van der Waals surface area contributed by atoms with Gasteiger partial charge in [0.15, 0.2) is 22.5 Å². The Labute approximate surface area is 227 Å². The van der Waals surface area contributed by atoms with Crippen LogP contribution in [0.4, 0.5) is 5.69 Å². The van der Waals surface area contributed by atoms with E-state index in [2.05, 4.69) is 20.7 Å². The lowest BCUT2D eigenvalue weighted by molar-refractivity contribution is -0.384. The number of nitrogens with one attached hydrogen (secondary N) is 1. The minimum absolute atomic E-state index is 0.0117. The number of nitro benzene ring substituents is 1. The maximum absolute atomic E-state index is 12.5. The fourth-order valence-electron chi connectivity index (χ4n) is 3.59. The Morgan fingerprint density at radius 1 is 1.03 bits per heavy atom. The van der Waals surface area contributed by atoms with Crippen molar-refractivity contribution in [3.63, 3.8) is 0 Å². The highest BCUT2D eigenvalue weighted by Gasteiger charge is 2.21. The lowest BCUT2D eigenvalue weighted by Crippen LogP contribution is -2.20. The Morgan fingerprint density at radius 2 is 1.69 bits per heavy atom. The van der Waals surface area contributed by atoms with E-state index in [0.717, 1.165) is 5.69 Å². The predicted molar refractivity (Wildman–Crippen MR) is 146 cm³/mol. The molecule has 0 atom stereocenters. The zero-order valence-electron chi connectivity index (χ0n) is 21.2.